The summed E-state index contributed by atoms with van der Waals surface area (Å²) in [6.07, 6.45) is 1.90. The molecule has 1 aliphatic rings. The van der Waals surface area contributed by atoms with Gasteiger partial charge in [-0.1, -0.05) is 6.07 Å². The molecule has 18 heavy (non-hydrogen) atoms. The molecule has 0 spiro atoms. The number of likely N-dealkylation sites (tertiary alicyclic amines) is 1. The second-order valence-corrected chi connectivity index (χ2v) is 5.42. The molecule has 0 bridgehead atoms. The zero-order valence-electron chi connectivity index (χ0n) is 10.9. The van der Waals surface area contributed by atoms with Gasteiger partial charge in [-0.15, -0.1) is 0 Å². The van der Waals surface area contributed by atoms with Gasteiger partial charge in [0.2, 0.25) is 0 Å². The molecule has 1 aromatic heterocycles. The normalized spacial score (nSPS) is 17.3. The second kappa shape index (κ2) is 4.25. The number of pyridine rings is 1. The molecule has 1 fully saturated rings. The summed E-state index contributed by atoms with van der Waals surface area (Å²) < 4.78 is 0. The van der Waals surface area contributed by atoms with Crippen molar-refractivity contribution in [2.45, 2.75) is 25.8 Å². The average molecular weight is 241 g/mol. The summed E-state index contributed by atoms with van der Waals surface area (Å²) in [6, 6.07) is 8.76. The van der Waals surface area contributed by atoms with E-state index >= 15 is 0 Å². The van der Waals surface area contributed by atoms with Crippen molar-refractivity contribution in [3.63, 3.8) is 0 Å². The van der Waals surface area contributed by atoms with Crippen molar-refractivity contribution in [1.82, 2.24) is 9.88 Å². The van der Waals surface area contributed by atoms with Crippen LogP contribution >= 0.6 is 0 Å². The molecule has 0 aliphatic carbocycles. The molecular weight excluding hydrogens is 222 g/mol. The highest BCUT2D eigenvalue weighted by Crippen LogP contribution is 2.32. The molecule has 3 nitrogen and oxygen atoms in total. The van der Waals surface area contributed by atoms with Crippen LogP contribution in [-0.2, 0) is 0 Å². The second-order valence-electron chi connectivity index (χ2n) is 5.42. The van der Waals surface area contributed by atoms with Crippen LogP contribution in [0.5, 0.6) is 0 Å². The maximum atomic E-state index is 5.83. The number of rotatable bonds is 2. The van der Waals surface area contributed by atoms with Gasteiger partial charge in [0.1, 0.15) is 0 Å². The Labute approximate surface area is 108 Å². The zero-order valence-corrected chi connectivity index (χ0v) is 10.9. The molecule has 2 aromatic rings. The smallest absolute Gasteiger partial charge is 0.0538 e. The van der Waals surface area contributed by atoms with Gasteiger partial charge in [0.15, 0.2) is 0 Å². The van der Waals surface area contributed by atoms with Gasteiger partial charge in [-0.3, -0.25) is 9.88 Å². The van der Waals surface area contributed by atoms with Crippen LogP contribution in [0.2, 0.25) is 0 Å². The first kappa shape index (κ1) is 11.5. The van der Waals surface area contributed by atoms with Gasteiger partial charge in [0, 0.05) is 42.3 Å². The summed E-state index contributed by atoms with van der Waals surface area (Å²) in [5.41, 5.74) is 7.87. The predicted molar refractivity (Wildman–Crippen MR) is 75.6 cm³/mol. The summed E-state index contributed by atoms with van der Waals surface area (Å²) in [6.45, 7) is 6.73. The fourth-order valence-corrected chi connectivity index (χ4v) is 2.65. The third-order valence-electron chi connectivity index (χ3n) is 3.85. The quantitative estimate of drug-likeness (QED) is 0.822. The van der Waals surface area contributed by atoms with Crippen LogP contribution in [0.1, 0.15) is 25.5 Å². The van der Waals surface area contributed by atoms with E-state index in [1.54, 1.807) is 0 Å². The Balaban J connectivity index is 1.94. The number of fused-ring (bicyclic) bond motifs is 1. The van der Waals surface area contributed by atoms with Crippen LogP contribution < -0.4 is 5.73 Å². The van der Waals surface area contributed by atoms with Gasteiger partial charge >= 0.3 is 0 Å². The summed E-state index contributed by atoms with van der Waals surface area (Å²) in [5.74, 6) is 0.569. The minimum atomic E-state index is 0.569. The Kier molecular flexibility index (Phi) is 2.71. The highest BCUT2D eigenvalue weighted by Gasteiger charge is 2.31. The van der Waals surface area contributed by atoms with E-state index in [-0.39, 0.29) is 0 Å². The van der Waals surface area contributed by atoms with E-state index in [0.29, 0.717) is 12.0 Å². The first-order valence-corrected chi connectivity index (χ1v) is 6.53. The van der Waals surface area contributed by atoms with E-state index in [9.17, 15) is 0 Å². The van der Waals surface area contributed by atoms with E-state index in [1.165, 1.54) is 16.5 Å². The third kappa shape index (κ3) is 1.85. The molecule has 2 N–H and O–H groups in total. The maximum absolute atomic E-state index is 5.83. The molecular formula is C15H19N3. The summed E-state index contributed by atoms with van der Waals surface area (Å²) >= 11 is 0. The third-order valence-corrected chi connectivity index (χ3v) is 3.85. The number of hydrogen-bond donors (Lipinski definition) is 1. The lowest BCUT2D eigenvalue weighted by Crippen LogP contribution is -2.48. The molecule has 0 saturated carbocycles. The lowest BCUT2D eigenvalue weighted by molar-refractivity contribution is 0.108. The standard InChI is InChI=1S/C15H19N3/c1-10(2)18-8-12(9-18)15-14-4-3-13(16)7-11(14)5-6-17-15/h3-7,10,12H,8-9,16H2,1-2H3. The summed E-state index contributed by atoms with van der Waals surface area (Å²) in [7, 11) is 0. The monoisotopic (exact) mass is 241 g/mol. The lowest BCUT2D eigenvalue weighted by Gasteiger charge is -2.42. The van der Waals surface area contributed by atoms with Crippen molar-refractivity contribution in [1.29, 1.82) is 0 Å². The average Bonchev–Trinajstić information content (AvgIpc) is 2.26. The van der Waals surface area contributed by atoms with Crippen molar-refractivity contribution in [2.75, 3.05) is 18.8 Å². The van der Waals surface area contributed by atoms with Gasteiger partial charge in [0.05, 0.1) is 5.69 Å². The Morgan fingerprint density at radius 3 is 2.78 bits per heavy atom. The number of benzene rings is 1. The number of anilines is 1. The highest BCUT2D eigenvalue weighted by molar-refractivity contribution is 5.87. The number of nitrogens with two attached hydrogens (primary N) is 1. The molecule has 2 heterocycles. The number of nitrogens with zero attached hydrogens (tertiary/aromatic N) is 2. The van der Waals surface area contributed by atoms with Gasteiger partial charge < -0.3 is 5.73 Å². The van der Waals surface area contributed by atoms with Gasteiger partial charge in [-0.05, 0) is 37.4 Å². The largest absolute Gasteiger partial charge is 0.399 e. The molecule has 0 unspecified atom stereocenters. The molecule has 0 amide bonds. The van der Waals surface area contributed by atoms with Crippen LogP contribution in [0.15, 0.2) is 30.5 Å². The zero-order chi connectivity index (χ0) is 12.7. The van der Waals surface area contributed by atoms with E-state index in [2.05, 4.69) is 29.8 Å². The minimum Gasteiger partial charge on any atom is -0.399 e. The minimum absolute atomic E-state index is 0.569. The maximum Gasteiger partial charge on any atom is 0.0538 e. The Hall–Kier alpha value is -1.61. The first-order chi connectivity index (χ1) is 8.65. The van der Waals surface area contributed by atoms with Crippen LogP contribution in [0, 0.1) is 0 Å². The summed E-state index contributed by atoms with van der Waals surface area (Å²) in [4.78, 5) is 7.06. The molecule has 0 atom stereocenters. The molecule has 1 saturated heterocycles. The van der Waals surface area contributed by atoms with Crippen LogP contribution in [-0.4, -0.2) is 29.0 Å². The Morgan fingerprint density at radius 2 is 2.06 bits per heavy atom. The number of aromatic nitrogens is 1. The van der Waals surface area contributed by atoms with Crippen LogP contribution in [0.3, 0.4) is 0 Å². The molecule has 94 valence electrons. The Morgan fingerprint density at radius 1 is 1.28 bits per heavy atom. The SMILES string of the molecule is CC(C)N1CC(c2nccc3cc(N)ccc23)C1. The van der Waals surface area contributed by atoms with E-state index in [0.717, 1.165) is 18.8 Å². The van der Waals surface area contributed by atoms with Crippen molar-refractivity contribution in [3.05, 3.63) is 36.2 Å². The predicted octanol–water partition coefficient (Wildman–Crippen LogP) is 2.62. The molecule has 0 radical (unpaired) electrons. The number of hydrogen-bond acceptors (Lipinski definition) is 3. The molecule has 3 rings (SSSR count). The van der Waals surface area contributed by atoms with E-state index in [1.807, 2.05) is 24.4 Å². The number of nitrogen functional groups attached to an aromatic ring is 1. The van der Waals surface area contributed by atoms with E-state index < -0.39 is 0 Å². The topological polar surface area (TPSA) is 42.2 Å². The van der Waals surface area contributed by atoms with E-state index in [4.69, 9.17) is 5.73 Å². The fraction of sp³-hybridized carbons (Fsp3) is 0.400. The highest BCUT2D eigenvalue weighted by atomic mass is 15.2. The Bertz CT molecular complexity index is 571. The van der Waals surface area contributed by atoms with Crippen molar-refractivity contribution < 1.29 is 0 Å². The van der Waals surface area contributed by atoms with Gasteiger partial charge in [-0.2, -0.15) is 0 Å². The van der Waals surface area contributed by atoms with Crippen LogP contribution in [0.25, 0.3) is 10.8 Å². The van der Waals surface area contributed by atoms with Crippen molar-refractivity contribution >= 4 is 16.5 Å². The fourth-order valence-electron chi connectivity index (χ4n) is 2.65. The summed E-state index contributed by atoms with van der Waals surface area (Å²) in [5, 5.41) is 2.45. The van der Waals surface area contributed by atoms with Crippen LogP contribution in [0.4, 0.5) is 5.69 Å². The molecule has 1 aliphatic heterocycles. The molecule has 1 aromatic carbocycles. The van der Waals surface area contributed by atoms with Crippen molar-refractivity contribution in [2.24, 2.45) is 0 Å². The molecule has 3 heteroatoms. The van der Waals surface area contributed by atoms with Gasteiger partial charge in [-0.25, -0.2) is 0 Å². The first-order valence-electron chi connectivity index (χ1n) is 6.53. The lowest BCUT2D eigenvalue weighted by atomic mass is 9.91. The van der Waals surface area contributed by atoms with Gasteiger partial charge in [0.25, 0.3) is 0 Å². The van der Waals surface area contributed by atoms with Crippen molar-refractivity contribution in [3.8, 4) is 0 Å².